The van der Waals surface area contributed by atoms with Crippen molar-refractivity contribution in [3.8, 4) is 0 Å². The van der Waals surface area contributed by atoms with Crippen molar-refractivity contribution in [3.05, 3.63) is 65.7 Å². The number of carbonyl (C=O) groups excluding carboxylic acids is 2. The second kappa shape index (κ2) is 12.2. The quantitative estimate of drug-likeness (QED) is 0.184. The number of hydrogen-bond donors (Lipinski definition) is 5. The topological polar surface area (TPSA) is 168 Å². The van der Waals surface area contributed by atoms with Gasteiger partial charge in [-0.1, -0.05) is 48.5 Å². The Hall–Kier alpha value is -3.80. The minimum absolute atomic E-state index is 0.113. The molecule has 0 spiro atoms. The smallest absolute Gasteiger partial charge is 0.365 e. The molecule has 38 heavy (non-hydrogen) atoms. The third-order valence-corrected chi connectivity index (χ3v) is 7.23. The molecular weight excluding hydrogens is 492 g/mol. The average Bonchev–Trinajstić information content (AvgIpc) is 3.21. The standard InChI is InChI=1S/C27H32N4O7/c28-31-15-19(14-23(31)26(35)36)38-27(37)21(12-10-17-6-2-1-3-7-17)29-20-13-11-18-8-4-5-9-22(18)30(25(20)34)16-24(32)33/h1-9,19-21,23,29H,10-16,28H2,(H,32,33)(H,35,36)/p+2/t19-,20-,21+,23+/m1/s1. The maximum atomic E-state index is 13.6. The SMILES string of the molecule is N[NH+]1C[C@H](OC(=O)[C@H](CCc2ccccc2)[NH2+][C@@H]2CCc3ccccc3N(CC(=O)O)C2=O)C[C@H]1C(=O)O. The molecule has 1 saturated heterocycles. The first-order chi connectivity index (χ1) is 18.2. The molecule has 202 valence electrons. The Balaban J connectivity index is 1.53. The Kier molecular flexibility index (Phi) is 8.72. The molecule has 0 radical (unpaired) electrons. The lowest BCUT2D eigenvalue weighted by molar-refractivity contribution is -0.917. The molecule has 1 fully saturated rings. The molecule has 2 aromatic carbocycles. The van der Waals surface area contributed by atoms with Crippen LogP contribution in [0.15, 0.2) is 54.6 Å². The fourth-order valence-corrected chi connectivity index (χ4v) is 5.26. The van der Waals surface area contributed by atoms with Crippen LogP contribution in [0.3, 0.4) is 0 Å². The number of nitrogens with two attached hydrogens (primary N) is 2. The summed E-state index contributed by atoms with van der Waals surface area (Å²) >= 11 is 0. The first-order valence-corrected chi connectivity index (χ1v) is 12.8. The summed E-state index contributed by atoms with van der Waals surface area (Å²) in [5, 5.41) is 20.8. The van der Waals surface area contributed by atoms with E-state index in [9.17, 15) is 29.4 Å². The number of carbonyl (C=O) groups is 4. The highest BCUT2D eigenvalue weighted by Gasteiger charge is 2.44. The number of nitrogens with zero attached hydrogens (tertiary/aromatic N) is 1. The van der Waals surface area contributed by atoms with Gasteiger partial charge >= 0.3 is 17.9 Å². The zero-order chi connectivity index (χ0) is 27.2. The molecule has 2 aliphatic rings. The third kappa shape index (κ3) is 6.55. The van der Waals surface area contributed by atoms with E-state index in [4.69, 9.17) is 10.6 Å². The van der Waals surface area contributed by atoms with E-state index < -0.39 is 48.7 Å². The first-order valence-electron chi connectivity index (χ1n) is 12.8. The third-order valence-electron chi connectivity index (χ3n) is 7.23. The van der Waals surface area contributed by atoms with E-state index in [1.165, 1.54) is 4.90 Å². The van der Waals surface area contributed by atoms with Crippen LogP contribution in [-0.2, 0) is 36.8 Å². The van der Waals surface area contributed by atoms with Gasteiger partial charge in [0.2, 0.25) is 6.04 Å². The number of quaternary nitrogens is 2. The number of fused-ring (bicyclic) bond motifs is 1. The summed E-state index contributed by atoms with van der Waals surface area (Å²) in [6.45, 7) is -0.300. The predicted octanol–water partition coefficient (Wildman–Crippen LogP) is -1.49. The highest BCUT2D eigenvalue weighted by Crippen LogP contribution is 2.26. The van der Waals surface area contributed by atoms with Crippen molar-refractivity contribution >= 4 is 29.5 Å². The average molecular weight is 527 g/mol. The summed E-state index contributed by atoms with van der Waals surface area (Å²) < 4.78 is 5.72. The second-order valence-corrected chi connectivity index (χ2v) is 9.88. The molecule has 1 amide bonds. The van der Waals surface area contributed by atoms with E-state index >= 15 is 0 Å². The number of aryl methyl sites for hydroxylation is 2. The number of benzene rings is 2. The van der Waals surface area contributed by atoms with E-state index in [0.29, 0.717) is 31.4 Å². The number of rotatable bonds is 10. The van der Waals surface area contributed by atoms with Crippen molar-refractivity contribution in [3.63, 3.8) is 0 Å². The maximum absolute atomic E-state index is 13.6. The molecule has 2 heterocycles. The van der Waals surface area contributed by atoms with Crippen LogP contribution in [0, 0.1) is 0 Å². The van der Waals surface area contributed by atoms with Crippen LogP contribution < -0.4 is 21.1 Å². The van der Waals surface area contributed by atoms with Crippen LogP contribution in [0.25, 0.3) is 0 Å². The number of aliphatic carboxylic acids is 2. The molecular formula is C27H34N4O7+2. The number of carboxylic acid groups (broad SMARTS) is 2. The second-order valence-electron chi connectivity index (χ2n) is 9.88. The highest BCUT2D eigenvalue weighted by molar-refractivity contribution is 6.01. The van der Waals surface area contributed by atoms with Crippen molar-refractivity contribution in [2.75, 3.05) is 18.0 Å². The summed E-state index contributed by atoms with van der Waals surface area (Å²) in [7, 11) is 0. The van der Waals surface area contributed by atoms with Gasteiger partial charge in [-0.15, -0.1) is 0 Å². The fourth-order valence-electron chi connectivity index (χ4n) is 5.26. The number of nitrogens with one attached hydrogen (secondary N) is 1. The lowest BCUT2D eigenvalue weighted by atomic mass is 10.0. The predicted molar refractivity (Wildman–Crippen MR) is 135 cm³/mol. The van der Waals surface area contributed by atoms with Gasteiger partial charge in [-0.25, -0.2) is 14.6 Å². The Labute approximate surface area is 220 Å². The summed E-state index contributed by atoms with van der Waals surface area (Å²) in [5.74, 6) is 2.79. The molecule has 11 nitrogen and oxygen atoms in total. The van der Waals surface area contributed by atoms with Gasteiger partial charge in [0.25, 0.3) is 5.91 Å². The van der Waals surface area contributed by atoms with Crippen LogP contribution in [0.4, 0.5) is 5.69 Å². The molecule has 1 unspecified atom stereocenters. The molecule has 7 N–H and O–H groups in total. The van der Waals surface area contributed by atoms with Crippen LogP contribution in [0.2, 0.25) is 0 Å². The molecule has 2 aliphatic heterocycles. The Morgan fingerprint density at radius 3 is 2.50 bits per heavy atom. The molecule has 11 heteroatoms. The summed E-state index contributed by atoms with van der Waals surface area (Å²) in [5.41, 5.74) is 2.46. The van der Waals surface area contributed by atoms with Crippen molar-refractivity contribution < 1.29 is 44.5 Å². The number of carboxylic acids is 2. The molecule has 0 bridgehead atoms. The molecule has 2 aromatic rings. The fraction of sp³-hybridized carbons (Fsp3) is 0.407. The number of hydrogen-bond acceptors (Lipinski definition) is 6. The normalized spacial score (nSPS) is 23.8. The molecule has 4 rings (SSSR count). The van der Waals surface area contributed by atoms with E-state index in [1.54, 1.807) is 17.4 Å². The lowest BCUT2D eigenvalue weighted by Crippen LogP contribution is -3.20. The zero-order valence-electron chi connectivity index (χ0n) is 21.0. The Morgan fingerprint density at radius 2 is 1.82 bits per heavy atom. The molecule has 0 aromatic heterocycles. The number of para-hydroxylation sites is 1. The zero-order valence-corrected chi connectivity index (χ0v) is 21.0. The van der Waals surface area contributed by atoms with Gasteiger partial charge in [-0.05, 0) is 30.0 Å². The van der Waals surface area contributed by atoms with Gasteiger partial charge in [0.05, 0.1) is 6.42 Å². The van der Waals surface area contributed by atoms with Crippen molar-refractivity contribution in [1.82, 2.24) is 0 Å². The first kappa shape index (κ1) is 27.2. The maximum Gasteiger partial charge on any atom is 0.365 e. The van der Waals surface area contributed by atoms with Gasteiger partial charge in [-0.2, -0.15) is 5.84 Å². The summed E-state index contributed by atoms with van der Waals surface area (Å²) in [6.07, 6.45) is 1.39. The van der Waals surface area contributed by atoms with Crippen LogP contribution in [0.1, 0.15) is 30.4 Å². The monoisotopic (exact) mass is 526 g/mol. The Morgan fingerprint density at radius 1 is 1.11 bits per heavy atom. The van der Waals surface area contributed by atoms with Crippen molar-refractivity contribution in [1.29, 1.82) is 0 Å². The minimum Gasteiger partial charge on any atom is -0.480 e. The van der Waals surface area contributed by atoms with E-state index in [-0.39, 0.29) is 23.9 Å². The van der Waals surface area contributed by atoms with Gasteiger partial charge in [0, 0.05) is 18.5 Å². The number of ether oxygens (including phenoxy) is 1. The number of esters is 1. The van der Waals surface area contributed by atoms with Gasteiger partial charge in [0.1, 0.15) is 13.1 Å². The highest BCUT2D eigenvalue weighted by atomic mass is 16.5. The Bertz CT molecular complexity index is 1180. The van der Waals surface area contributed by atoms with Crippen LogP contribution >= 0.6 is 0 Å². The van der Waals surface area contributed by atoms with Gasteiger partial charge < -0.3 is 20.3 Å². The van der Waals surface area contributed by atoms with Crippen LogP contribution in [0.5, 0.6) is 0 Å². The molecule has 0 aliphatic carbocycles. The van der Waals surface area contributed by atoms with Gasteiger partial charge in [-0.3, -0.25) is 14.5 Å². The molecule has 5 atom stereocenters. The minimum atomic E-state index is -1.13. The summed E-state index contributed by atoms with van der Waals surface area (Å²) in [6, 6.07) is 14.6. The van der Waals surface area contributed by atoms with Crippen molar-refractivity contribution in [2.24, 2.45) is 5.84 Å². The van der Waals surface area contributed by atoms with E-state index in [0.717, 1.165) is 11.1 Å². The molecule has 0 saturated carbocycles. The van der Waals surface area contributed by atoms with Gasteiger partial charge in [0.15, 0.2) is 18.2 Å². The summed E-state index contributed by atoms with van der Waals surface area (Å²) in [4.78, 5) is 51.3. The number of amides is 1. The number of anilines is 1. The van der Waals surface area contributed by atoms with E-state index in [1.807, 2.05) is 42.5 Å². The van der Waals surface area contributed by atoms with Crippen molar-refractivity contribution in [2.45, 2.75) is 56.3 Å². The largest absolute Gasteiger partial charge is 0.480 e. The van der Waals surface area contributed by atoms with E-state index in [2.05, 4.69) is 0 Å². The van der Waals surface area contributed by atoms with Crippen LogP contribution in [-0.4, -0.2) is 71.3 Å². The lowest BCUT2D eigenvalue weighted by Gasteiger charge is -2.25.